The monoisotopic (exact) mass is 316 g/mol. The lowest BCUT2D eigenvalue weighted by Crippen LogP contribution is -2.36. The lowest BCUT2D eigenvalue weighted by molar-refractivity contribution is -0.124. The number of amides is 1. The lowest BCUT2D eigenvalue weighted by Gasteiger charge is -2.27. The van der Waals surface area contributed by atoms with Crippen molar-refractivity contribution in [3.05, 3.63) is 23.4 Å². The van der Waals surface area contributed by atoms with E-state index in [2.05, 4.69) is 21.3 Å². The second-order valence-electron chi connectivity index (χ2n) is 6.42. The van der Waals surface area contributed by atoms with Gasteiger partial charge < -0.3 is 10.1 Å². The maximum absolute atomic E-state index is 12.3. The van der Waals surface area contributed by atoms with Crippen molar-refractivity contribution in [3.8, 4) is 6.07 Å². The Morgan fingerprint density at radius 1 is 1.48 bits per heavy atom. The standard InChI is InChI=1S/C17H24N4O2/c1-4-17(2,3)16(22)20-15-9-13(14(10-18)11-19-15)12-21-5-7-23-8-6-21/h9,11H,4-8,12H2,1-3H3,(H,19,20,22). The average Bonchev–Trinajstić information content (AvgIpc) is 2.56. The molecule has 0 unspecified atom stereocenters. The van der Waals surface area contributed by atoms with Gasteiger partial charge in [-0.2, -0.15) is 5.26 Å². The summed E-state index contributed by atoms with van der Waals surface area (Å²) in [4.78, 5) is 18.7. The average molecular weight is 316 g/mol. The van der Waals surface area contributed by atoms with Crippen LogP contribution in [0.5, 0.6) is 0 Å². The van der Waals surface area contributed by atoms with Crippen molar-refractivity contribution in [2.75, 3.05) is 31.6 Å². The number of carbonyl (C=O) groups is 1. The van der Waals surface area contributed by atoms with Crippen LogP contribution in [0, 0.1) is 16.7 Å². The van der Waals surface area contributed by atoms with Crippen molar-refractivity contribution in [2.45, 2.75) is 33.7 Å². The number of nitrogens with zero attached hydrogens (tertiary/aromatic N) is 3. The number of morpholine rings is 1. The van der Waals surface area contributed by atoms with Gasteiger partial charge in [0.25, 0.3) is 0 Å². The van der Waals surface area contributed by atoms with Gasteiger partial charge in [-0.3, -0.25) is 9.69 Å². The highest BCUT2D eigenvalue weighted by molar-refractivity contribution is 5.94. The number of aromatic nitrogens is 1. The number of nitriles is 1. The summed E-state index contributed by atoms with van der Waals surface area (Å²) < 4.78 is 5.34. The molecule has 2 rings (SSSR count). The molecule has 124 valence electrons. The smallest absolute Gasteiger partial charge is 0.231 e. The van der Waals surface area contributed by atoms with Gasteiger partial charge in [-0.1, -0.05) is 20.8 Å². The first-order valence-corrected chi connectivity index (χ1v) is 7.97. The van der Waals surface area contributed by atoms with Gasteiger partial charge >= 0.3 is 0 Å². The van der Waals surface area contributed by atoms with Gasteiger partial charge in [0, 0.05) is 31.2 Å². The molecule has 0 aromatic carbocycles. The molecule has 23 heavy (non-hydrogen) atoms. The first-order valence-electron chi connectivity index (χ1n) is 7.97. The first kappa shape index (κ1) is 17.4. The molecule has 0 saturated carbocycles. The van der Waals surface area contributed by atoms with Crippen LogP contribution in [0.4, 0.5) is 5.82 Å². The molecule has 6 nitrogen and oxygen atoms in total. The zero-order valence-corrected chi connectivity index (χ0v) is 14.1. The van der Waals surface area contributed by atoms with E-state index in [0.717, 1.165) is 25.1 Å². The van der Waals surface area contributed by atoms with Gasteiger partial charge in [0.15, 0.2) is 0 Å². The number of carbonyl (C=O) groups excluding carboxylic acids is 1. The Hall–Kier alpha value is -1.97. The van der Waals surface area contributed by atoms with Crippen LogP contribution >= 0.6 is 0 Å². The highest BCUT2D eigenvalue weighted by Crippen LogP contribution is 2.23. The Morgan fingerprint density at radius 2 is 2.17 bits per heavy atom. The van der Waals surface area contributed by atoms with Crippen molar-refractivity contribution in [2.24, 2.45) is 5.41 Å². The third kappa shape index (κ3) is 4.50. The molecule has 1 fully saturated rings. The Kier molecular flexibility index (Phi) is 5.69. The van der Waals surface area contributed by atoms with E-state index in [4.69, 9.17) is 4.74 Å². The molecule has 0 atom stereocenters. The van der Waals surface area contributed by atoms with E-state index in [1.165, 1.54) is 6.20 Å². The van der Waals surface area contributed by atoms with Crippen LogP contribution in [-0.2, 0) is 16.1 Å². The molecule has 0 bridgehead atoms. The van der Waals surface area contributed by atoms with Gasteiger partial charge in [-0.15, -0.1) is 0 Å². The molecule has 6 heteroatoms. The van der Waals surface area contributed by atoms with Crippen molar-refractivity contribution in [3.63, 3.8) is 0 Å². The van der Waals surface area contributed by atoms with Crippen LogP contribution in [-0.4, -0.2) is 42.1 Å². The minimum absolute atomic E-state index is 0.0606. The van der Waals surface area contributed by atoms with E-state index in [-0.39, 0.29) is 5.91 Å². The quantitative estimate of drug-likeness (QED) is 0.900. The van der Waals surface area contributed by atoms with E-state index >= 15 is 0 Å². The minimum Gasteiger partial charge on any atom is -0.379 e. The summed E-state index contributed by atoms with van der Waals surface area (Å²) in [5.74, 6) is 0.438. The van der Waals surface area contributed by atoms with Crippen molar-refractivity contribution < 1.29 is 9.53 Å². The molecule has 0 aliphatic carbocycles. The van der Waals surface area contributed by atoms with Crippen LogP contribution < -0.4 is 5.32 Å². The van der Waals surface area contributed by atoms with E-state index in [1.807, 2.05) is 20.8 Å². The number of rotatable bonds is 5. The summed E-state index contributed by atoms with van der Waals surface area (Å²) in [6, 6.07) is 3.98. The van der Waals surface area contributed by atoms with E-state index in [1.54, 1.807) is 6.07 Å². The molecule has 0 spiro atoms. The zero-order valence-electron chi connectivity index (χ0n) is 14.1. The Morgan fingerprint density at radius 3 is 2.78 bits per heavy atom. The summed E-state index contributed by atoms with van der Waals surface area (Å²) in [6.07, 6.45) is 2.28. The summed E-state index contributed by atoms with van der Waals surface area (Å²) >= 11 is 0. The summed E-state index contributed by atoms with van der Waals surface area (Å²) in [5.41, 5.74) is 0.984. The second kappa shape index (κ2) is 7.53. The minimum atomic E-state index is -0.444. The Labute approximate surface area is 137 Å². The molecular weight excluding hydrogens is 292 g/mol. The molecule has 1 aliphatic rings. The fourth-order valence-electron chi connectivity index (χ4n) is 2.24. The predicted octanol–water partition coefficient (Wildman–Crippen LogP) is 2.16. The van der Waals surface area contributed by atoms with Crippen LogP contribution in [0.2, 0.25) is 0 Å². The fourth-order valence-corrected chi connectivity index (χ4v) is 2.24. The number of anilines is 1. The molecule has 1 saturated heterocycles. The summed E-state index contributed by atoms with van der Waals surface area (Å²) in [6.45, 7) is 9.56. The summed E-state index contributed by atoms with van der Waals surface area (Å²) in [7, 11) is 0. The van der Waals surface area contributed by atoms with Crippen molar-refractivity contribution in [1.82, 2.24) is 9.88 Å². The molecular formula is C17H24N4O2. The van der Waals surface area contributed by atoms with E-state index in [0.29, 0.717) is 31.1 Å². The Balaban J connectivity index is 2.15. The Bertz CT molecular complexity index is 601. The van der Waals surface area contributed by atoms with Gasteiger partial charge in [-0.05, 0) is 18.1 Å². The van der Waals surface area contributed by atoms with Gasteiger partial charge in [-0.25, -0.2) is 4.98 Å². The molecule has 1 aromatic heterocycles. The highest BCUT2D eigenvalue weighted by atomic mass is 16.5. The van der Waals surface area contributed by atoms with E-state index in [9.17, 15) is 10.1 Å². The molecule has 2 heterocycles. The van der Waals surface area contributed by atoms with Gasteiger partial charge in [0.1, 0.15) is 11.9 Å². The number of ether oxygens (including phenoxy) is 1. The first-order chi connectivity index (χ1) is 11.0. The maximum atomic E-state index is 12.3. The molecule has 1 N–H and O–H groups in total. The number of hydrogen-bond acceptors (Lipinski definition) is 5. The third-order valence-electron chi connectivity index (χ3n) is 4.35. The third-order valence-corrected chi connectivity index (χ3v) is 4.35. The lowest BCUT2D eigenvalue weighted by atomic mass is 9.89. The summed E-state index contributed by atoms with van der Waals surface area (Å²) in [5, 5.41) is 12.1. The highest BCUT2D eigenvalue weighted by Gasteiger charge is 2.25. The topological polar surface area (TPSA) is 78.3 Å². The zero-order chi connectivity index (χ0) is 16.9. The van der Waals surface area contributed by atoms with Gasteiger partial charge in [0.05, 0.1) is 18.8 Å². The molecule has 1 aliphatic heterocycles. The van der Waals surface area contributed by atoms with Crippen LogP contribution in [0.1, 0.15) is 38.3 Å². The predicted molar refractivity (Wildman–Crippen MR) is 87.7 cm³/mol. The largest absolute Gasteiger partial charge is 0.379 e. The number of nitrogens with one attached hydrogen (secondary N) is 1. The fraction of sp³-hybridized carbons (Fsp3) is 0.588. The SMILES string of the molecule is CCC(C)(C)C(=O)Nc1cc(CN2CCOCC2)c(C#N)cn1. The molecule has 1 amide bonds. The second-order valence-corrected chi connectivity index (χ2v) is 6.42. The number of hydrogen-bond donors (Lipinski definition) is 1. The van der Waals surface area contributed by atoms with Crippen molar-refractivity contribution in [1.29, 1.82) is 5.26 Å². The van der Waals surface area contributed by atoms with Crippen molar-refractivity contribution >= 4 is 11.7 Å². The molecule has 1 aromatic rings. The maximum Gasteiger partial charge on any atom is 0.231 e. The van der Waals surface area contributed by atoms with Crippen LogP contribution in [0.15, 0.2) is 12.3 Å². The normalized spacial score (nSPS) is 15.9. The number of pyridine rings is 1. The van der Waals surface area contributed by atoms with Gasteiger partial charge in [0.2, 0.25) is 5.91 Å². The van der Waals surface area contributed by atoms with E-state index < -0.39 is 5.41 Å². The molecule has 0 radical (unpaired) electrons. The van der Waals surface area contributed by atoms with Crippen LogP contribution in [0.25, 0.3) is 0 Å². The van der Waals surface area contributed by atoms with Crippen LogP contribution in [0.3, 0.4) is 0 Å².